The number of hydrogen-bond acceptors (Lipinski definition) is 8. The average Bonchev–Trinajstić information content (AvgIpc) is 2.94. The molecule has 2 aromatic rings. The molecule has 3 amide bonds. The molecule has 1 heterocycles. The van der Waals surface area contributed by atoms with Crippen LogP contribution in [0.15, 0.2) is 53.5 Å². The summed E-state index contributed by atoms with van der Waals surface area (Å²) in [6, 6.07) is 15.4. The highest BCUT2D eigenvalue weighted by atomic mass is 35.5. The number of hydrazine groups is 1. The first-order valence-electron chi connectivity index (χ1n) is 15.1. The van der Waals surface area contributed by atoms with Crippen molar-refractivity contribution in [3.05, 3.63) is 64.7 Å². The van der Waals surface area contributed by atoms with Crippen LogP contribution in [0.25, 0.3) is 0 Å². The van der Waals surface area contributed by atoms with Gasteiger partial charge in [-0.15, -0.1) is 5.59 Å². The second-order valence-corrected chi connectivity index (χ2v) is 13.3. The number of aliphatic imine (C=N–C) groups is 1. The smallest absolute Gasteiger partial charge is 0.435 e. The fourth-order valence-corrected chi connectivity index (χ4v) is 4.71. The number of nitrogens with one attached hydrogen (secondary N) is 1. The number of hydrogen-bond donors (Lipinski definition) is 1. The molecule has 12 heteroatoms. The van der Waals surface area contributed by atoms with Crippen molar-refractivity contribution in [1.29, 1.82) is 0 Å². The highest BCUT2D eigenvalue weighted by Gasteiger charge is 2.25. The van der Waals surface area contributed by atoms with Crippen LogP contribution < -0.4 is 10.3 Å². The van der Waals surface area contributed by atoms with Crippen LogP contribution >= 0.6 is 11.6 Å². The number of rotatable bonds is 11. The summed E-state index contributed by atoms with van der Waals surface area (Å²) in [5, 5.41) is 1.21. The first-order chi connectivity index (χ1) is 21.2. The topological polar surface area (TPSA) is 119 Å². The average molecular weight is 645 g/mol. The maximum absolute atomic E-state index is 13.3. The molecule has 0 bridgehead atoms. The Morgan fingerprint density at radius 1 is 0.978 bits per heavy atom. The number of benzene rings is 2. The third kappa shape index (κ3) is 13.5. The van der Waals surface area contributed by atoms with E-state index in [1.807, 2.05) is 11.0 Å². The number of amides is 3. The molecule has 0 spiro atoms. The molecule has 246 valence electrons. The summed E-state index contributed by atoms with van der Waals surface area (Å²) in [5.41, 5.74) is 2.69. The van der Waals surface area contributed by atoms with Crippen LogP contribution in [0.3, 0.4) is 0 Å². The van der Waals surface area contributed by atoms with E-state index in [9.17, 15) is 14.4 Å². The van der Waals surface area contributed by atoms with Crippen molar-refractivity contribution in [1.82, 2.24) is 15.5 Å². The minimum Gasteiger partial charge on any atom is -0.493 e. The number of carbonyl (C=O) groups excluding carboxylic acids is 3. The Morgan fingerprint density at radius 3 is 2.29 bits per heavy atom. The van der Waals surface area contributed by atoms with E-state index in [0.717, 1.165) is 30.6 Å². The van der Waals surface area contributed by atoms with Crippen molar-refractivity contribution < 1.29 is 33.4 Å². The third-order valence-electron chi connectivity index (χ3n) is 6.47. The molecule has 2 aromatic carbocycles. The largest absolute Gasteiger partial charge is 0.493 e. The highest BCUT2D eigenvalue weighted by Crippen LogP contribution is 2.26. The van der Waals surface area contributed by atoms with E-state index in [4.69, 9.17) is 30.6 Å². The van der Waals surface area contributed by atoms with Gasteiger partial charge >= 0.3 is 12.2 Å². The molecule has 0 unspecified atom stereocenters. The molecule has 1 aliphatic heterocycles. The fraction of sp³-hybridized carbons (Fsp3) is 0.515. The van der Waals surface area contributed by atoms with Crippen LogP contribution in [-0.4, -0.2) is 71.8 Å². The lowest BCUT2D eigenvalue weighted by molar-refractivity contribution is -0.0585. The summed E-state index contributed by atoms with van der Waals surface area (Å²) in [6.07, 6.45) is 2.57. The molecule has 3 rings (SSSR count). The van der Waals surface area contributed by atoms with Crippen molar-refractivity contribution in [2.75, 3.05) is 26.3 Å². The van der Waals surface area contributed by atoms with Gasteiger partial charge in [-0.25, -0.2) is 9.59 Å². The number of likely N-dealkylation sites (tertiary alicyclic amines) is 1. The first kappa shape index (κ1) is 35.8. The monoisotopic (exact) mass is 644 g/mol. The molecule has 1 aliphatic rings. The van der Waals surface area contributed by atoms with E-state index < -0.39 is 23.4 Å². The molecular formula is C33H45ClN4O7. The molecule has 11 nitrogen and oxygen atoms in total. The van der Waals surface area contributed by atoms with Gasteiger partial charge in [0.1, 0.15) is 23.3 Å². The summed E-state index contributed by atoms with van der Waals surface area (Å²) in [6.45, 7) is 12.0. The van der Waals surface area contributed by atoms with Crippen LogP contribution in [0, 0.1) is 5.92 Å². The number of ether oxygens (including phenoxy) is 3. The van der Waals surface area contributed by atoms with Gasteiger partial charge in [-0.1, -0.05) is 41.9 Å². The Bertz CT molecular complexity index is 1300. The Hall–Kier alpha value is -3.67. The lowest BCUT2D eigenvalue weighted by atomic mass is 9.90. The van der Waals surface area contributed by atoms with E-state index >= 15 is 0 Å². The van der Waals surface area contributed by atoms with Crippen LogP contribution in [0.5, 0.6) is 5.75 Å². The van der Waals surface area contributed by atoms with Gasteiger partial charge in [-0.3, -0.25) is 9.63 Å². The zero-order chi connectivity index (χ0) is 33.0. The molecular weight excluding hydrogens is 600 g/mol. The lowest BCUT2D eigenvalue weighted by Gasteiger charge is -2.32. The summed E-state index contributed by atoms with van der Waals surface area (Å²) in [4.78, 5) is 48.6. The van der Waals surface area contributed by atoms with Crippen LogP contribution in [0.1, 0.15) is 76.7 Å². The van der Waals surface area contributed by atoms with Crippen LogP contribution in [0.2, 0.25) is 5.02 Å². The van der Waals surface area contributed by atoms with Gasteiger partial charge < -0.3 is 19.1 Å². The van der Waals surface area contributed by atoms with E-state index in [0.29, 0.717) is 41.8 Å². The predicted molar refractivity (Wildman–Crippen MR) is 172 cm³/mol. The zero-order valence-corrected chi connectivity index (χ0v) is 27.8. The maximum atomic E-state index is 13.3. The minimum absolute atomic E-state index is 0.0664. The molecule has 1 saturated heterocycles. The third-order valence-corrected chi connectivity index (χ3v) is 6.69. The summed E-state index contributed by atoms with van der Waals surface area (Å²) < 4.78 is 16.3. The predicted octanol–water partition coefficient (Wildman–Crippen LogP) is 6.84. The second-order valence-electron chi connectivity index (χ2n) is 12.8. The Kier molecular flexibility index (Phi) is 13.2. The highest BCUT2D eigenvalue weighted by molar-refractivity contribution is 6.31. The van der Waals surface area contributed by atoms with Gasteiger partial charge in [0.2, 0.25) is 0 Å². The van der Waals surface area contributed by atoms with Crippen LogP contribution in [0.4, 0.5) is 9.59 Å². The number of nitrogens with zero attached hydrogens (tertiary/aromatic N) is 3. The van der Waals surface area contributed by atoms with Crippen molar-refractivity contribution in [3.63, 3.8) is 0 Å². The van der Waals surface area contributed by atoms with Crippen molar-refractivity contribution in [2.45, 2.75) is 78.4 Å². The van der Waals surface area contributed by atoms with E-state index in [1.165, 1.54) is 5.56 Å². The van der Waals surface area contributed by atoms with E-state index in [1.54, 1.807) is 59.7 Å². The number of carbonyl (C=O) groups is 3. The molecule has 45 heavy (non-hydrogen) atoms. The molecule has 1 fully saturated rings. The van der Waals surface area contributed by atoms with Gasteiger partial charge in [0.25, 0.3) is 5.91 Å². The molecule has 1 N–H and O–H groups in total. The molecule has 0 aliphatic carbocycles. The molecule has 0 radical (unpaired) electrons. The summed E-state index contributed by atoms with van der Waals surface area (Å²) >= 11 is 6.33. The number of piperidine rings is 1. The zero-order valence-electron chi connectivity index (χ0n) is 27.0. The van der Waals surface area contributed by atoms with Gasteiger partial charge in [0, 0.05) is 30.1 Å². The van der Waals surface area contributed by atoms with Crippen LogP contribution in [-0.2, 0) is 20.7 Å². The van der Waals surface area contributed by atoms with Gasteiger partial charge in [-0.05, 0) is 90.5 Å². The first-order valence-corrected chi connectivity index (χ1v) is 15.5. The summed E-state index contributed by atoms with van der Waals surface area (Å²) in [5.74, 6) is 0.959. The number of halogens is 1. The standard InChI is InChI=1S/C33H45ClN4O7/c1-32(2,3)44-30(40)35-23-38(31(41)45-33(4,5)6)36-43-18-10-17-42-28-21-26(20-27(34)22-28)29(39)37-15-13-25(14-16-37)19-24-11-8-7-9-12-24/h7-9,11-12,20-23,25,36H,10,13-19H2,1-6H3. The minimum atomic E-state index is -0.877. The summed E-state index contributed by atoms with van der Waals surface area (Å²) in [7, 11) is 0. The van der Waals surface area contributed by atoms with E-state index in [2.05, 4.69) is 34.8 Å². The van der Waals surface area contributed by atoms with Crippen molar-refractivity contribution in [3.8, 4) is 5.75 Å². The molecule has 0 aromatic heterocycles. The molecule has 0 saturated carbocycles. The van der Waals surface area contributed by atoms with Gasteiger partial charge in [-0.2, -0.15) is 10.0 Å². The second kappa shape index (κ2) is 16.6. The van der Waals surface area contributed by atoms with Crippen molar-refractivity contribution >= 4 is 36.0 Å². The Morgan fingerprint density at radius 2 is 1.64 bits per heavy atom. The normalized spacial score (nSPS) is 14.3. The quantitative estimate of drug-likeness (QED) is 0.122. The van der Waals surface area contributed by atoms with Gasteiger partial charge in [0.15, 0.2) is 0 Å². The fourth-order valence-electron chi connectivity index (χ4n) is 4.49. The maximum Gasteiger partial charge on any atom is 0.435 e. The Balaban J connectivity index is 1.46. The van der Waals surface area contributed by atoms with E-state index in [-0.39, 0.29) is 19.1 Å². The van der Waals surface area contributed by atoms with Crippen molar-refractivity contribution in [2.24, 2.45) is 10.9 Å². The van der Waals surface area contributed by atoms with Gasteiger partial charge in [0.05, 0.1) is 13.2 Å². The lowest BCUT2D eigenvalue weighted by Crippen LogP contribution is -2.45. The SMILES string of the molecule is CC(C)(C)OC(=O)N=CN(NOCCCOc1cc(Cl)cc(C(=O)N2CCC(Cc3ccccc3)CC2)c1)C(=O)OC(C)(C)C. The Labute approximate surface area is 270 Å². The molecule has 0 atom stereocenters.